The van der Waals surface area contributed by atoms with Gasteiger partial charge in [0.15, 0.2) is 0 Å². The zero-order valence-corrected chi connectivity index (χ0v) is 11.1. The number of likely N-dealkylation sites (tertiary alicyclic amines) is 1. The van der Waals surface area contributed by atoms with Crippen LogP contribution in [0.25, 0.3) is 0 Å². The van der Waals surface area contributed by atoms with Gasteiger partial charge in [0, 0.05) is 13.1 Å². The van der Waals surface area contributed by atoms with E-state index in [4.69, 9.17) is 0 Å². The zero-order chi connectivity index (χ0) is 12.6. The minimum Gasteiger partial charge on any atom is -0.341 e. The highest BCUT2D eigenvalue weighted by molar-refractivity contribution is 5.86. The van der Waals surface area contributed by atoms with Gasteiger partial charge in [-0.25, -0.2) is 0 Å². The molecule has 94 valence electrons. The van der Waals surface area contributed by atoms with Crippen molar-refractivity contribution in [1.82, 2.24) is 4.90 Å². The zero-order valence-electron chi connectivity index (χ0n) is 11.1. The first-order valence-corrected chi connectivity index (χ1v) is 6.69. The summed E-state index contributed by atoms with van der Waals surface area (Å²) in [5, 5.41) is 9.28. The Hall–Kier alpha value is -1.04. The largest absolute Gasteiger partial charge is 0.341 e. The molecule has 2 unspecified atom stereocenters. The lowest BCUT2D eigenvalue weighted by Gasteiger charge is -2.45. The van der Waals surface area contributed by atoms with E-state index in [1.54, 1.807) is 0 Å². The Bertz CT molecular complexity index is 352. The number of amides is 1. The van der Waals surface area contributed by atoms with Gasteiger partial charge in [-0.1, -0.05) is 20.8 Å². The lowest BCUT2D eigenvalue weighted by atomic mass is 9.62. The third kappa shape index (κ3) is 2.06. The van der Waals surface area contributed by atoms with E-state index in [0.717, 1.165) is 32.4 Å². The highest BCUT2D eigenvalue weighted by Crippen LogP contribution is 2.46. The Morgan fingerprint density at radius 2 is 1.94 bits per heavy atom. The summed E-state index contributed by atoms with van der Waals surface area (Å²) in [6.45, 7) is 8.23. The highest BCUT2D eigenvalue weighted by Gasteiger charge is 2.51. The second-order valence-electron chi connectivity index (χ2n) is 6.20. The van der Waals surface area contributed by atoms with Gasteiger partial charge < -0.3 is 4.90 Å². The molecule has 0 aromatic heterocycles. The summed E-state index contributed by atoms with van der Waals surface area (Å²) >= 11 is 0. The van der Waals surface area contributed by atoms with Crippen LogP contribution in [0.15, 0.2) is 0 Å². The van der Waals surface area contributed by atoms with Gasteiger partial charge in [-0.3, -0.25) is 4.79 Å². The summed E-state index contributed by atoms with van der Waals surface area (Å²) in [6, 6.07) is 2.28. The van der Waals surface area contributed by atoms with Crippen LogP contribution in [0.4, 0.5) is 0 Å². The maximum atomic E-state index is 12.4. The van der Waals surface area contributed by atoms with Crippen molar-refractivity contribution in [3.05, 3.63) is 0 Å². The molecule has 0 aromatic carbocycles. The third-order valence-corrected chi connectivity index (χ3v) is 4.64. The lowest BCUT2D eigenvalue weighted by Crippen LogP contribution is -2.53. The number of hydrogen-bond donors (Lipinski definition) is 0. The molecule has 0 bridgehead atoms. The summed E-state index contributed by atoms with van der Waals surface area (Å²) in [7, 11) is 0. The van der Waals surface area contributed by atoms with Gasteiger partial charge in [0.25, 0.3) is 0 Å². The molecule has 2 fully saturated rings. The van der Waals surface area contributed by atoms with Crippen LogP contribution in [-0.2, 0) is 4.79 Å². The molecule has 3 nitrogen and oxygen atoms in total. The van der Waals surface area contributed by atoms with Crippen LogP contribution in [0.3, 0.4) is 0 Å². The van der Waals surface area contributed by atoms with Crippen LogP contribution >= 0.6 is 0 Å². The van der Waals surface area contributed by atoms with Gasteiger partial charge in [0.2, 0.25) is 5.91 Å². The summed E-state index contributed by atoms with van der Waals surface area (Å²) in [6.07, 6.45) is 2.58. The fourth-order valence-electron chi connectivity index (χ4n) is 3.19. The average Bonchev–Trinajstić information content (AvgIpc) is 2.27. The van der Waals surface area contributed by atoms with Crippen LogP contribution in [0, 0.1) is 34.5 Å². The monoisotopic (exact) mass is 234 g/mol. The Balaban J connectivity index is 2.04. The van der Waals surface area contributed by atoms with E-state index in [1.165, 1.54) is 0 Å². The minimum absolute atomic E-state index is 0.0943. The topological polar surface area (TPSA) is 44.1 Å². The van der Waals surface area contributed by atoms with E-state index in [1.807, 2.05) is 4.90 Å². The number of carbonyl (C=O) groups excluding carboxylic acids is 1. The first-order valence-electron chi connectivity index (χ1n) is 6.69. The lowest BCUT2D eigenvalue weighted by molar-refractivity contribution is -0.147. The molecule has 2 aliphatic rings. The predicted octanol–water partition coefficient (Wildman–Crippen LogP) is 2.43. The molecule has 2 rings (SSSR count). The highest BCUT2D eigenvalue weighted by atomic mass is 16.2. The van der Waals surface area contributed by atoms with E-state index in [2.05, 4.69) is 26.8 Å². The van der Waals surface area contributed by atoms with E-state index in [-0.39, 0.29) is 5.91 Å². The van der Waals surface area contributed by atoms with Crippen molar-refractivity contribution in [3.8, 4) is 6.07 Å². The summed E-state index contributed by atoms with van der Waals surface area (Å²) in [5.41, 5.74) is -0.681. The van der Waals surface area contributed by atoms with Gasteiger partial charge in [-0.2, -0.15) is 5.26 Å². The fraction of sp³-hybridized carbons (Fsp3) is 0.857. The molecule has 1 aliphatic heterocycles. The van der Waals surface area contributed by atoms with Crippen molar-refractivity contribution in [3.63, 3.8) is 0 Å². The summed E-state index contributed by atoms with van der Waals surface area (Å²) in [5.74, 6) is 1.87. The molecule has 3 heteroatoms. The van der Waals surface area contributed by atoms with Gasteiger partial charge in [0.05, 0.1) is 6.07 Å². The van der Waals surface area contributed by atoms with Gasteiger partial charge in [-0.15, -0.1) is 0 Å². The number of rotatable bonds is 1. The van der Waals surface area contributed by atoms with Crippen molar-refractivity contribution in [2.75, 3.05) is 13.1 Å². The van der Waals surface area contributed by atoms with Crippen LogP contribution < -0.4 is 0 Å². The van der Waals surface area contributed by atoms with Gasteiger partial charge in [-0.05, 0) is 37.0 Å². The molecule has 1 saturated carbocycles. The number of piperidine rings is 1. The van der Waals surface area contributed by atoms with Crippen LogP contribution in [-0.4, -0.2) is 23.9 Å². The standard InChI is InChI=1S/C14H22N2O/c1-10-6-14(7-10,9-15)13(17)16-5-4-11(2)12(3)8-16/h10-12H,4-8H2,1-3H3. The van der Waals surface area contributed by atoms with Crippen molar-refractivity contribution in [1.29, 1.82) is 5.26 Å². The molecule has 1 amide bonds. The van der Waals surface area contributed by atoms with Crippen LogP contribution in [0.1, 0.15) is 40.0 Å². The molecule has 0 N–H and O–H groups in total. The summed E-state index contributed by atoms with van der Waals surface area (Å²) in [4.78, 5) is 14.4. The molecule has 1 aliphatic carbocycles. The Morgan fingerprint density at radius 1 is 1.29 bits per heavy atom. The second kappa shape index (κ2) is 4.33. The number of nitriles is 1. The normalized spacial score (nSPS) is 41.5. The first-order chi connectivity index (χ1) is 7.98. The SMILES string of the molecule is CC1CC(C#N)(C(=O)N2CCC(C)C(C)C2)C1. The van der Waals surface area contributed by atoms with Crippen molar-refractivity contribution >= 4 is 5.91 Å². The van der Waals surface area contributed by atoms with Crippen molar-refractivity contribution in [2.45, 2.75) is 40.0 Å². The van der Waals surface area contributed by atoms with Gasteiger partial charge >= 0.3 is 0 Å². The molecule has 2 atom stereocenters. The molecule has 0 spiro atoms. The molecule has 17 heavy (non-hydrogen) atoms. The number of hydrogen-bond acceptors (Lipinski definition) is 2. The van der Waals surface area contributed by atoms with Crippen LogP contribution in [0.5, 0.6) is 0 Å². The van der Waals surface area contributed by atoms with Crippen molar-refractivity contribution in [2.24, 2.45) is 23.2 Å². The van der Waals surface area contributed by atoms with Gasteiger partial charge in [0.1, 0.15) is 5.41 Å². The quantitative estimate of drug-likeness (QED) is 0.699. The molecule has 1 heterocycles. The van der Waals surface area contributed by atoms with E-state index >= 15 is 0 Å². The van der Waals surface area contributed by atoms with E-state index in [0.29, 0.717) is 17.8 Å². The maximum absolute atomic E-state index is 12.4. The fourth-order valence-corrected chi connectivity index (χ4v) is 3.19. The van der Waals surface area contributed by atoms with E-state index < -0.39 is 5.41 Å². The Kier molecular flexibility index (Phi) is 3.16. The Labute approximate surface area is 104 Å². The number of nitrogens with zero attached hydrogens (tertiary/aromatic N) is 2. The molecule has 1 saturated heterocycles. The maximum Gasteiger partial charge on any atom is 0.243 e. The second-order valence-corrected chi connectivity index (χ2v) is 6.20. The minimum atomic E-state index is -0.681. The third-order valence-electron chi connectivity index (χ3n) is 4.64. The van der Waals surface area contributed by atoms with E-state index in [9.17, 15) is 10.1 Å². The summed E-state index contributed by atoms with van der Waals surface area (Å²) < 4.78 is 0. The molecule has 0 aromatic rings. The molecular formula is C14H22N2O. The number of carbonyl (C=O) groups is 1. The van der Waals surface area contributed by atoms with Crippen LogP contribution in [0.2, 0.25) is 0 Å². The van der Waals surface area contributed by atoms with Crippen molar-refractivity contribution < 1.29 is 4.79 Å². The molecule has 0 radical (unpaired) electrons. The Morgan fingerprint density at radius 3 is 2.41 bits per heavy atom. The first kappa shape index (κ1) is 12.4. The predicted molar refractivity (Wildman–Crippen MR) is 66.0 cm³/mol. The smallest absolute Gasteiger partial charge is 0.243 e. The average molecular weight is 234 g/mol. The molecular weight excluding hydrogens is 212 g/mol.